The maximum absolute atomic E-state index is 11.4. The summed E-state index contributed by atoms with van der Waals surface area (Å²) in [5, 5.41) is 17.1. The third kappa shape index (κ3) is 8.38. The molecule has 2 heterocycles. The zero-order valence-electron chi connectivity index (χ0n) is 30.9. The van der Waals surface area contributed by atoms with E-state index >= 15 is 0 Å². The van der Waals surface area contributed by atoms with Crippen LogP contribution in [0.5, 0.6) is 0 Å². The Kier molecular flexibility index (Phi) is 12.1. The first kappa shape index (κ1) is 38.7. The summed E-state index contributed by atoms with van der Waals surface area (Å²) in [4.78, 5) is 2.44. The predicted octanol–water partition coefficient (Wildman–Crippen LogP) is 10.2. The van der Waals surface area contributed by atoms with E-state index in [2.05, 4.69) is 150 Å². The van der Waals surface area contributed by atoms with Crippen molar-refractivity contribution in [1.82, 2.24) is 0 Å². The molecule has 2 aliphatic rings. The van der Waals surface area contributed by atoms with E-state index in [9.17, 15) is 13.0 Å². The molecule has 8 nitrogen and oxygen atoms in total. The van der Waals surface area contributed by atoms with E-state index in [0.29, 0.717) is 25.1 Å². The van der Waals surface area contributed by atoms with Crippen LogP contribution in [-0.4, -0.2) is 53.1 Å². The standard InChI is InChI=1S/C43H48N2O6S2/c1-42(2)38(44(28-14-16-30-52-51-50-46)36-26-24-32-18-10-12-20-34(32)40(36)42)22-8-6-5-7-9-23-39-43(3,4)41-35-21-13-11-19-33(35)25-27-37(41)45(39)29-15-17-31-53(47,48)49/h5-13,18-27H,14-17,28-31H2,1-4H3,(H-,46,47,48,49)/p+1. The van der Waals surface area contributed by atoms with Crippen molar-refractivity contribution < 1.29 is 32.2 Å². The lowest BCUT2D eigenvalue weighted by Gasteiger charge is -2.27. The van der Waals surface area contributed by atoms with E-state index in [1.165, 1.54) is 44.1 Å². The van der Waals surface area contributed by atoms with E-state index < -0.39 is 10.1 Å². The number of hydrogen-bond acceptors (Lipinski definition) is 7. The van der Waals surface area contributed by atoms with Gasteiger partial charge in [0.05, 0.1) is 11.2 Å². The van der Waals surface area contributed by atoms with Gasteiger partial charge in [-0.05, 0) is 78.4 Å². The van der Waals surface area contributed by atoms with Gasteiger partial charge in [-0.25, -0.2) is 5.26 Å². The van der Waals surface area contributed by atoms with Crippen molar-refractivity contribution in [2.75, 3.05) is 29.5 Å². The topological polar surface area (TPSA) is 99.3 Å². The highest BCUT2D eigenvalue weighted by molar-refractivity contribution is 7.94. The van der Waals surface area contributed by atoms with Crippen molar-refractivity contribution in [3.63, 3.8) is 0 Å². The van der Waals surface area contributed by atoms with Crippen LogP contribution >= 0.6 is 12.0 Å². The molecule has 6 rings (SSSR count). The average Bonchev–Trinajstić information content (AvgIpc) is 3.49. The third-order valence-corrected chi connectivity index (χ3v) is 11.8. The largest absolute Gasteiger partial charge is 0.344 e. The lowest BCUT2D eigenvalue weighted by Crippen LogP contribution is -2.28. The van der Waals surface area contributed by atoms with Gasteiger partial charge in [-0.2, -0.15) is 13.0 Å². The van der Waals surface area contributed by atoms with E-state index in [4.69, 9.17) is 5.26 Å². The maximum atomic E-state index is 11.4. The molecule has 2 N–H and O–H groups in total. The van der Waals surface area contributed by atoms with Gasteiger partial charge in [0, 0.05) is 65.3 Å². The lowest BCUT2D eigenvalue weighted by atomic mass is 9.79. The molecule has 0 aliphatic carbocycles. The smallest absolute Gasteiger partial charge is 0.264 e. The van der Waals surface area contributed by atoms with Crippen LogP contribution in [0.2, 0.25) is 0 Å². The van der Waals surface area contributed by atoms with Crippen molar-refractivity contribution in [2.45, 2.75) is 64.2 Å². The molecule has 0 unspecified atom stereocenters. The monoisotopic (exact) mass is 753 g/mol. The fraction of sp³-hybridized carbons (Fsp3) is 0.326. The number of fused-ring (bicyclic) bond motifs is 6. The molecule has 0 bridgehead atoms. The number of anilines is 1. The van der Waals surface area contributed by atoms with Gasteiger partial charge in [-0.1, -0.05) is 104 Å². The Morgan fingerprint density at radius 2 is 1.43 bits per heavy atom. The number of rotatable bonds is 16. The third-order valence-electron chi connectivity index (χ3n) is 10.4. The highest BCUT2D eigenvalue weighted by Gasteiger charge is 2.45. The highest BCUT2D eigenvalue weighted by atomic mass is 32.2. The minimum atomic E-state index is -3.99. The minimum Gasteiger partial charge on any atom is -0.344 e. The van der Waals surface area contributed by atoms with Crippen LogP contribution in [0.15, 0.2) is 121 Å². The van der Waals surface area contributed by atoms with Crippen molar-refractivity contribution >= 4 is 60.8 Å². The first-order chi connectivity index (χ1) is 25.4. The van der Waals surface area contributed by atoms with E-state index in [1.807, 2.05) is 12.2 Å². The molecule has 53 heavy (non-hydrogen) atoms. The van der Waals surface area contributed by atoms with Crippen LogP contribution in [0.3, 0.4) is 0 Å². The number of nitrogens with zero attached hydrogens (tertiary/aromatic N) is 2. The molecular formula is C43H49N2O6S2+. The van der Waals surface area contributed by atoms with Gasteiger partial charge in [0.25, 0.3) is 10.1 Å². The minimum absolute atomic E-state index is 0.207. The summed E-state index contributed by atoms with van der Waals surface area (Å²) in [6.07, 6.45) is 17.6. The molecule has 0 fully saturated rings. The first-order valence-electron chi connectivity index (χ1n) is 18.2. The molecule has 4 aromatic rings. The summed E-state index contributed by atoms with van der Waals surface area (Å²) in [6.45, 7) is 10.6. The molecule has 0 spiro atoms. The van der Waals surface area contributed by atoms with Crippen LogP contribution in [0, 0.1) is 0 Å². The summed E-state index contributed by atoms with van der Waals surface area (Å²) in [7, 11) is -3.99. The van der Waals surface area contributed by atoms with Crippen molar-refractivity contribution in [3.05, 3.63) is 132 Å². The van der Waals surface area contributed by atoms with Crippen molar-refractivity contribution in [2.24, 2.45) is 0 Å². The van der Waals surface area contributed by atoms with E-state index in [0.717, 1.165) is 42.8 Å². The first-order valence-corrected chi connectivity index (χ1v) is 20.7. The molecule has 4 aromatic carbocycles. The Labute approximate surface area is 317 Å². The van der Waals surface area contributed by atoms with Gasteiger partial charge in [0.15, 0.2) is 5.71 Å². The summed E-state index contributed by atoms with van der Waals surface area (Å²) in [5.41, 5.74) is 6.89. The summed E-state index contributed by atoms with van der Waals surface area (Å²) < 4.78 is 38.9. The van der Waals surface area contributed by atoms with Crippen LogP contribution in [0.4, 0.5) is 11.4 Å². The molecular weight excluding hydrogens is 705 g/mol. The zero-order chi connectivity index (χ0) is 37.6. The SMILES string of the molecule is CC1(C)C(/C=C/C=C/C=C/C=C2/N(CCCCSOOO)c3ccc4ccccc4c3C2(C)C)=[N+](CCCCS(=O)(=O)O)c2ccc3ccccc3c21. The highest BCUT2D eigenvalue weighted by Crippen LogP contribution is 2.51. The molecule has 2 aliphatic heterocycles. The molecule has 278 valence electrons. The molecule has 0 radical (unpaired) electrons. The normalized spacial score (nSPS) is 17.5. The van der Waals surface area contributed by atoms with Crippen LogP contribution < -0.4 is 4.90 Å². The Bertz CT molecular complexity index is 2230. The fourth-order valence-electron chi connectivity index (χ4n) is 8.08. The average molecular weight is 754 g/mol. The Morgan fingerprint density at radius 3 is 2.15 bits per heavy atom. The van der Waals surface area contributed by atoms with Gasteiger partial charge in [0.1, 0.15) is 6.54 Å². The molecule has 0 amide bonds. The number of benzene rings is 4. The van der Waals surface area contributed by atoms with E-state index in [-0.39, 0.29) is 16.6 Å². The van der Waals surface area contributed by atoms with Gasteiger partial charge >= 0.3 is 0 Å². The Balaban J connectivity index is 1.23. The molecule has 0 atom stereocenters. The maximum Gasteiger partial charge on any atom is 0.264 e. The molecule has 10 heteroatoms. The summed E-state index contributed by atoms with van der Waals surface area (Å²) >= 11 is 1.09. The van der Waals surface area contributed by atoms with E-state index in [1.54, 1.807) is 0 Å². The number of hydrogen-bond donors (Lipinski definition) is 2. The Hall–Kier alpha value is -4.03. The zero-order valence-corrected chi connectivity index (χ0v) is 32.5. The molecule has 0 saturated heterocycles. The molecule has 0 aromatic heterocycles. The second-order valence-corrected chi connectivity index (χ2v) is 17.0. The Morgan fingerprint density at radius 1 is 0.774 bits per heavy atom. The number of allylic oxidation sites excluding steroid dienone is 8. The van der Waals surface area contributed by atoms with Gasteiger partial charge in [0.2, 0.25) is 5.69 Å². The van der Waals surface area contributed by atoms with Gasteiger partial charge < -0.3 is 4.90 Å². The second kappa shape index (κ2) is 16.5. The summed E-state index contributed by atoms with van der Waals surface area (Å²) in [6, 6.07) is 25.8. The van der Waals surface area contributed by atoms with Crippen molar-refractivity contribution in [3.8, 4) is 0 Å². The van der Waals surface area contributed by atoms with Gasteiger partial charge in [-0.3, -0.25) is 4.55 Å². The lowest BCUT2D eigenvalue weighted by molar-refractivity contribution is -0.438. The second-order valence-electron chi connectivity index (χ2n) is 14.6. The number of unbranched alkanes of at least 4 members (excludes halogenated alkanes) is 2. The van der Waals surface area contributed by atoms with Crippen LogP contribution in [0.25, 0.3) is 21.5 Å². The van der Waals surface area contributed by atoms with Crippen LogP contribution in [-0.2, 0) is 30.3 Å². The summed E-state index contributed by atoms with van der Waals surface area (Å²) in [5.74, 6) is 0.475. The van der Waals surface area contributed by atoms with Crippen molar-refractivity contribution in [1.29, 1.82) is 0 Å². The predicted molar refractivity (Wildman–Crippen MR) is 219 cm³/mol. The van der Waals surface area contributed by atoms with Gasteiger partial charge in [-0.15, -0.1) is 4.33 Å². The quantitative estimate of drug-likeness (QED) is 0.0222. The molecule has 0 saturated carbocycles. The fourth-order valence-corrected chi connectivity index (χ4v) is 9.08. The van der Waals surface area contributed by atoms with Crippen LogP contribution in [0.1, 0.15) is 64.5 Å².